The Morgan fingerprint density at radius 2 is 1.76 bits per heavy atom. The second-order valence-corrected chi connectivity index (χ2v) is 5.27. The van der Waals surface area contributed by atoms with E-state index in [2.05, 4.69) is 21.2 Å². The number of rotatable bonds is 3. The van der Waals surface area contributed by atoms with Gasteiger partial charge in [-0.3, -0.25) is 0 Å². The van der Waals surface area contributed by atoms with Crippen molar-refractivity contribution < 1.29 is 22.6 Å². The highest BCUT2D eigenvalue weighted by molar-refractivity contribution is 9.10. The second kappa shape index (κ2) is 5.48. The summed E-state index contributed by atoms with van der Waals surface area (Å²) in [6.07, 6.45) is 0. The smallest absolute Gasteiger partial charge is 0.231 e. The van der Waals surface area contributed by atoms with Crippen LogP contribution in [0.2, 0.25) is 0 Å². The molecule has 3 nitrogen and oxygen atoms in total. The van der Waals surface area contributed by atoms with Gasteiger partial charge in [-0.25, -0.2) is 13.2 Å². The van der Waals surface area contributed by atoms with Crippen molar-refractivity contribution in [3.05, 3.63) is 51.8 Å². The van der Waals surface area contributed by atoms with E-state index in [1.165, 1.54) is 0 Å². The summed E-state index contributed by atoms with van der Waals surface area (Å²) in [6, 6.07) is 4.80. The van der Waals surface area contributed by atoms with Gasteiger partial charge in [-0.05, 0) is 33.6 Å². The third kappa shape index (κ3) is 2.78. The number of benzene rings is 2. The molecular weight excluding hydrogens is 351 g/mol. The van der Waals surface area contributed by atoms with Gasteiger partial charge in [0, 0.05) is 18.7 Å². The molecule has 21 heavy (non-hydrogen) atoms. The number of fused-ring (bicyclic) bond motifs is 1. The van der Waals surface area contributed by atoms with E-state index >= 15 is 0 Å². The fourth-order valence-corrected chi connectivity index (χ4v) is 2.58. The van der Waals surface area contributed by atoms with Crippen molar-refractivity contribution >= 4 is 21.6 Å². The van der Waals surface area contributed by atoms with Crippen LogP contribution in [0.1, 0.15) is 5.56 Å². The van der Waals surface area contributed by atoms with Crippen molar-refractivity contribution in [1.29, 1.82) is 0 Å². The molecule has 0 bridgehead atoms. The molecule has 0 aromatic heterocycles. The molecule has 110 valence electrons. The Bertz CT molecular complexity index is 709. The minimum atomic E-state index is -1.22. The van der Waals surface area contributed by atoms with Crippen LogP contribution >= 0.6 is 15.9 Å². The Balaban J connectivity index is 1.79. The molecule has 0 radical (unpaired) electrons. The molecule has 7 heteroatoms. The van der Waals surface area contributed by atoms with Crippen LogP contribution in [0.5, 0.6) is 11.5 Å². The van der Waals surface area contributed by atoms with Crippen molar-refractivity contribution in [1.82, 2.24) is 0 Å². The average molecular weight is 360 g/mol. The molecule has 0 saturated carbocycles. The molecule has 2 aromatic carbocycles. The minimum absolute atomic E-state index is 0.109. The van der Waals surface area contributed by atoms with Gasteiger partial charge in [0.15, 0.2) is 23.1 Å². The normalized spacial score (nSPS) is 12.6. The molecule has 2 aromatic rings. The molecule has 1 aliphatic heterocycles. The molecule has 0 amide bonds. The first-order valence-corrected chi connectivity index (χ1v) is 6.80. The Labute approximate surface area is 126 Å². The maximum absolute atomic E-state index is 13.5. The van der Waals surface area contributed by atoms with Crippen molar-refractivity contribution in [2.45, 2.75) is 6.54 Å². The lowest BCUT2D eigenvalue weighted by Gasteiger charge is -2.09. The first-order chi connectivity index (χ1) is 10.0. The summed E-state index contributed by atoms with van der Waals surface area (Å²) in [5, 5.41) is 2.72. The van der Waals surface area contributed by atoms with E-state index in [-0.39, 0.29) is 19.0 Å². The zero-order chi connectivity index (χ0) is 15.0. The zero-order valence-corrected chi connectivity index (χ0v) is 12.1. The summed E-state index contributed by atoms with van der Waals surface area (Å²) in [5.41, 5.74) is 0.665. The van der Waals surface area contributed by atoms with Gasteiger partial charge in [0.05, 0.1) is 10.2 Å². The molecule has 0 unspecified atom stereocenters. The minimum Gasteiger partial charge on any atom is -0.454 e. The Hall–Kier alpha value is -1.89. The summed E-state index contributed by atoms with van der Waals surface area (Å²) >= 11 is 3.34. The lowest BCUT2D eigenvalue weighted by atomic mass is 10.2. The fourth-order valence-electron chi connectivity index (χ4n) is 1.98. The molecule has 0 spiro atoms. The fraction of sp³-hybridized carbons (Fsp3) is 0.143. The zero-order valence-electron chi connectivity index (χ0n) is 10.6. The molecule has 3 rings (SSSR count). The van der Waals surface area contributed by atoms with E-state index in [4.69, 9.17) is 9.47 Å². The van der Waals surface area contributed by atoms with Gasteiger partial charge in [0.25, 0.3) is 0 Å². The van der Waals surface area contributed by atoms with Gasteiger partial charge in [0.2, 0.25) is 6.79 Å². The highest BCUT2D eigenvalue weighted by Gasteiger charge is 2.18. The third-order valence-corrected chi connectivity index (χ3v) is 3.57. The van der Waals surface area contributed by atoms with Gasteiger partial charge in [-0.1, -0.05) is 0 Å². The van der Waals surface area contributed by atoms with E-state index in [0.717, 1.165) is 11.6 Å². The molecule has 0 aliphatic carbocycles. The molecule has 0 saturated heterocycles. The summed E-state index contributed by atoms with van der Waals surface area (Å²) in [6.45, 7) is 0.361. The third-order valence-electron chi connectivity index (χ3n) is 2.98. The van der Waals surface area contributed by atoms with E-state index in [1.807, 2.05) is 0 Å². The van der Waals surface area contributed by atoms with Gasteiger partial charge in [0.1, 0.15) is 5.82 Å². The quantitative estimate of drug-likeness (QED) is 0.832. The molecule has 1 aliphatic rings. The van der Waals surface area contributed by atoms with E-state index in [0.29, 0.717) is 22.0 Å². The summed E-state index contributed by atoms with van der Waals surface area (Å²) < 4.78 is 50.7. The van der Waals surface area contributed by atoms with Crippen LogP contribution in [0, 0.1) is 17.5 Å². The monoisotopic (exact) mass is 359 g/mol. The van der Waals surface area contributed by atoms with Gasteiger partial charge >= 0.3 is 0 Å². The predicted molar refractivity (Wildman–Crippen MR) is 73.9 cm³/mol. The van der Waals surface area contributed by atoms with Crippen LogP contribution in [-0.2, 0) is 6.54 Å². The predicted octanol–water partition coefficient (Wildman–Crippen LogP) is 4.21. The van der Waals surface area contributed by atoms with Crippen LogP contribution in [-0.4, -0.2) is 6.79 Å². The van der Waals surface area contributed by atoms with Crippen molar-refractivity contribution in [3.8, 4) is 11.5 Å². The second-order valence-electron chi connectivity index (χ2n) is 4.41. The number of halogens is 4. The SMILES string of the molecule is Fc1cc(F)c(NCc2cc(Br)c3c(c2)OCO3)cc1F. The molecule has 1 N–H and O–H groups in total. The van der Waals surface area contributed by atoms with Crippen molar-refractivity contribution in [2.75, 3.05) is 12.1 Å². The number of nitrogens with one attached hydrogen (secondary N) is 1. The van der Waals surface area contributed by atoms with Crippen LogP contribution in [0.3, 0.4) is 0 Å². The average Bonchev–Trinajstić information content (AvgIpc) is 2.90. The van der Waals surface area contributed by atoms with Gasteiger partial charge in [-0.2, -0.15) is 0 Å². The molecule has 0 atom stereocenters. The standard InChI is InChI=1S/C14H9BrF3NO2/c15-8-1-7(2-13-14(8)21-6-20-13)5-19-12-4-10(17)9(16)3-11(12)18/h1-4,19H,5-6H2. The number of hydrogen-bond donors (Lipinski definition) is 1. The Morgan fingerprint density at radius 3 is 2.57 bits per heavy atom. The first-order valence-electron chi connectivity index (χ1n) is 6.01. The van der Waals surface area contributed by atoms with E-state index in [9.17, 15) is 13.2 Å². The summed E-state index contributed by atoms with van der Waals surface area (Å²) in [7, 11) is 0. The summed E-state index contributed by atoms with van der Waals surface area (Å²) in [5.74, 6) is -1.99. The van der Waals surface area contributed by atoms with Crippen molar-refractivity contribution in [2.24, 2.45) is 0 Å². The van der Waals surface area contributed by atoms with Crippen LogP contribution < -0.4 is 14.8 Å². The number of ether oxygens (including phenoxy) is 2. The topological polar surface area (TPSA) is 30.5 Å². The Kier molecular flexibility index (Phi) is 3.67. The van der Waals surface area contributed by atoms with Crippen LogP contribution in [0.15, 0.2) is 28.7 Å². The molecule has 1 heterocycles. The van der Waals surface area contributed by atoms with Gasteiger partial charge in [-0.15, -0.1) is 0 Å². The van der Waals surface area contributed by atoms with E-state index in [1.54, 1.807) is 12.1 Å². The Morgan fingerprint density at radius 1 is 1.00 bits per heavy atom. The molecule has 0 fully saturated rings. The number of hydrogen-bond acceptors (Lipinski definition) is 3. The maximum atomic E-state index is 13.5. The highest BCUT2D eigenvalue weighted by atomic mass is 79.9. The maximum Gasteiger partial charge on any atom is 0.231 e. The highest BCUT2D eigenvalue weighted by Crippen LogP contribution is 2.40. The van der Waals surface area contributed by atoms with Gasteiger partial charge < -0.3 is 14.8 Å². The van der Waals surface area contributed by atoms with Crippen LogP contribution in [0.4, 0.5) is 18.9 Å². The first kappa shape index (κ1) is 14.1. The van der Waals surface area contributed by atoms with Crippen LogP contribution in [0.25, 0.3) is 0 Å². The lowest BCUT2D eigenvalue weighted by Crippen LogP contribution is -2.03. The number of anilines is 1. The largest absolute Gasteiger partial charge is 0.454 e. The van der Waals surface area contributed by atoms with Crippen molar-refractivity contribution in [3.63, 3.8) is 0 Å². The lowest BCUT2D eigenvalue weighted by molar-refractivity contribution is 0.173. The summed E-state index contributed by atoms with van der Waals surface area (Å²) in [4.78, 5) is 0. The van der Waals surface area contributed by atoms with E-state index < -0.39 is 17.5 Å². The molecular formula is C14H9BrF3NO2.